The highest BCUT2D eigenvalue weighted by Gasteiger charge is 2.24. The number of benzene rings is 2. The molecule has 7 nitrogen and oxygen atoms in total. The lowest BCUT2D eigenvalue weighted by Gasteiger charge is -2.23. The molecule has 27 heavy (non-hydrogen) atoms. The number of ether oxygens (including phenoxy) is 2. The molecular formula is C17H16Cl2N2O5S. The number of amides is 1. The molecule has 2 aromatic carbocycles. The lowest BCUT2D eigenvalue weighted by Crippen LogP contribution is -2.40. The smallest absolute Gasteiger partial charge is 0.241 e. The molecule has 0 fully saturated rings. The van der Waals surface area contributed by atoms with Gasteiger partial charge in [-0.15, -0.1) is 0 Å². The first-order chi connectivity index (χ1) is 12.8. The molecule has 0 saturated heterocycles. The summed E-state index contributed by atoms with van der Waals surface area (Å²) in [5, 5.41) is 2.94. The number of anilines is 1. The normalized spacial score (nSPS) is 12.7. The largest absolute Gasteiger partial charge is 0.454 e. The molecule has 2 aromatic rings. The average molecular weight is 431 g/mol. The van der Waals surface area contributed by atoms with E-state index in [2.05, 4.69) is 5.32 Å². The topological polar surface area (TPSA) is 84.9 Å². The Bertz CT molecular complexity index is 981. The highest BCUT2D eigenvalue weighted by Crippen LogP contribution is 2.34. The maximum Gasteiger partial charge on any atom is 0.241 e. The van der Waals surface area contributed by atoms with Crippen molar-refractivity contribution in [2.24, 2.45) is 0 Å². The van der Waals surface area contributed by atoms with Gasteiger partial charge in [-0.1, -0.05) is 35.3 Å². The molecule has 0 bridgehead atoms. The molecule has 0 aliphatic carbocycles. The van der Waals surface area contributed by atoms with Gasteiger partial charge in [0.2, 0.25) is 22.7 Å². The number of sulfonamides is 1. The summed E-state index contributed by atoms with van der Waals surface area (Å²) in [4.78, 5) is 12.3. The Morgan fingerprint density at radius 1 is 1.19 bits per heavy atom. The number of nitrogens with one attached hydrogen (secondary N) is 1. The fraction of sp³-hybridized carbons (Fsp3) is 0.235. The first-order valence-electron chi connectivity index (χ1n) is 7.82. The molecule has 0 spiro atoms. The van der Waals surface area contributed by atoms with Gasteiger partial charge < -0.3 is 14.8 Å². The molecule has 10 heteroatoms. The molecule has 0 aromatic heterocycles. The summed E-state index contributed by atoms with van der Waals surface area (Å²) < 4.78 is 35.7. The Morgan fingerprint density at radius 3 is 2.67 bits per heavy atom. The van der Waals surface area contributed by atoms with E-state index in [-0.39, 0.29) is 29.1 Å². The van der Waals surface area contributed by atoms with E-state index in [0.717, 1.165) is 16.1 Å². The van der Waals surface area contributed by atoms with Crippen LogP contribution in [0.2, 0.25) is 10.0 Å². The van der Waals surface area contributed by atoms with Gasteiger partial charge in [-0.05, 0) is 29.8 Å². The molecular weight excluding hydrogens is 415 g/mol. The van der Waals surface area contributed by atoms with Gasteiger partial charge in [-0.2, -0.15) is 0 Å². The quantitative estimate of drug-likeness (QED) is 0.761. The van der Waals surface area contributed by atoms with E-state index in [4.69, 9.17) is 32.7 Å². The van der Waals surface area contributed by atoms with Crippen LogP contribution in [0.5, 0.6) is 11.5 Å². The predicted molar refractivity (Wildman–Crippen MR) is 103 cm³/mol. The van der Waals surface area contributed by atoms with Crippen LogP contribution in [-0.2, 0) is 21.4 Å². The van der Waals surface area contributed by atoms with E-state index in [1.54, 1.807) is 24.3 Å². The second kappa shape index (κ2) is 7.84. The van der Waals surface area contributed by atoms with Gasteiger partial charge in [0.05, 0.1) is 22.0 Å². The third-order valence-corrected chi connectivity index (χ3v) is 5.75. The van der Waals surface area contributed by atoms with Crippen LogP contribution in [0.25, 0.3) is 0 Å². The molecule has 1 N–H and O–H groups in total. The zero-order chi connectivity index (χ0) is 19.6. The Labute approximate surface area is 166 Å². The Morgan fingerprint density at radius 2 is 1.93 bits per heavy atom. The fourth-order valence-corrected chi connectivity index (χ4v) is 3.81. The van der Waals surface area contributed by atoms with Crippen molar-refractivity contribution < 1.29 is 22.7 Å². The zero-order valence-electron chi connectivity index (χ0n) is 14.2. The van der Waals surface area contributed by atoms with E-state index in [9.17, 15) is 13.2 Å². The number of fused-ring (bicyclic) bond motifs is 1. The minimum absolute atomic E-state index is 0.0631. The number of carbonyl (C=O) groups excluding carboxylic acids is 1. The van der Waals surface area contributed by atoms with E-state index >= 15 is 0 Å². The summed E-state index contributed by atoms with van der Waals surface area (Å²) >= 11 is 12.1. The number of carbonyl (C=O) groups is 1. The van der Waals surface area contributed by atoms with Crippen molar-refractivity contribution in [3.8, 4) is 11.5 Å². The van der Waals surface area contributed by atoms with Gasteiger partial charge in [0.1, 0.15) is 6.54 Å². The summed E-state index contributed by atoms with van der Waals surface area (Å²) in [6.45, 7) is -0.0609. The first kappa shape index (κ1) is 19.6. The van der Waals surface area contributed by atoms with Crippen molar-refractivity contribution in [2.45, 2.75) is 6.54 Å². The molecule has 0 atom stereocenters. The van der Waals surface area contributed by atoms with Gasteiger partial charge in [-0.25, -0.2) is 8.42 Å². The molecule has 3 rings (SSSR count). The second-order valence-corrected chi connectivity index (χ2v) is 8.50. The number of hydrogen-bond donors (Lipinski definition) is 1. The zero-order valence-corrected chi connectivity index (χ0v) is 16.6. The van der Waals surface area contributed by atoms with Gasteiger partial charge in [-0.3, -0.25) is 9.10 Å². The van der Waals surface area contributed by atoms with E-state index in [0.29, 0.717) is 11.5 Å². The van der Waals surface area contributed by atoms with Gasteiger partial charge >= 0.3 is 0 Å². The van der Waals surface area contributed by atoms with Crippen molar-refractivity contribution in [1.29, 1.82) is 0 Å². The SMILES string of the molecule is CS(=O)(=O)N(CC(=O)NCc1ccc2c(c1)OCO2)c1cccc(Cl)c1Cl. The second-order valence-electron chi connectivity index (χ2n) is 5.81. The van der Waals surface area contributed by atoms with Crippen molar-refractivity contribution in [1.82, 2.24) is 5.32 Å². The van der Waals surface area contributed by atoms with Crippen LogP contribution in [0.3, 0.4) is 0 Å². The molecule has 0 radical (unpaired) electrons. The molecule has 144 valence electrons. The van der Waals surface area contributed by atoms with E-state index in [1.807, 2.05) is 0 Å². The monoisotopic (exact) mass is 430 g/mol. The summed E-state index contributed by atoms with van der Waals surface area (Å²) in [6.07, 6.45) is 0.995. The third-order valence-electron chi connectivity index (χ3n) is 3.81. The van der Waals surface area contributed by atoms with Gasteiger partial charge in [0.15, 0.2) is 11.5 Å². The van der Waals surface area contributed by atoms with Crippen LogP contribution in [-0.4, -0.2) is 33.9 Å². The lowest BCUT2D eigenvalue weighted by molar-refractivity contribution is -0.119. The van der Waals surface area contributed by atoms with Crippen LogP contribution in [0.15, 0.2) is 36.4 Å². The Balaban J connectivity index is 1.71. The summed E-state index contributed by atoms with van der Waals surface area (Å²) in [7, 11) is -3.75. The summed E-state index contributed by atoms with van der Waals surface area (Å²) in [5.74, 6) is 0.753. The van der Waals surface area contributed by atoms with Gasteiger partial charge in [0.25, 0.3) is 0 Å². The number of nitrogens with zero attached hydrogens (tertiary/aromatic N) is 1. The Hall–Kier alpha value is -2.16. The van der Waals surface area contributed by atoms with Crippen LogP contribution in [0.1, 0.15) is 5.56 Å². The first-order valence-corrected chi connectivity index (χ1v) is 10.4. The Kier molecular flexibility index (Phi) is 5.69. The number of hydrogen-bond acceptors (Lipinski definition) is 5. The predicted octanol–water partition coefficient (Wildman–Crippen LogP) is 2.80. The minimum atomic E-state index is -3.75. The molecule has 1 heterocycles. The lowest BCUT2D eigenvalue weighted by atomic mass is 10.2. The van der Waals surface area contributed by atoms with Crippen LogP contribution < -0.4 is 19.1 Å². The average Bonchev–Trinajstić information content (AvgIpc) is 3.07. The maximum absolute atomic E-state index is 12.3. The number of rotatable bonds is 6. The molecule has 0 unspecified atom stereocenters. The van der Waals surface area contributed by atoms with Crippen molar-refractivity contribution in [2.75, 3.05) is 23.9 Å². The van der Waals surface area contributed by atoms with Crippen LogP contribution >= 0.6 is 23.2 Å². The summed E-state index contributed by atoms with van der Waals surface area (Å²) in [5.41, 5.74) is 0.934. The molecule has 0 saturated carbocycles. The highest BCUT2D eigenvalue weighted by molar-refractivity contribution is 7.92. The molecule has 1 aliphatic rings. The van der Waals surface area contributed by atoms with E-state index < -0.39 is 22.5 Å². The highest BCUT2D eigenvalue weighted by atomic mass is 35.5. The van der Waals surface area contributed by atoms with E-state index in [1.165, 1.54) is 12.1 Å². The maximum atomic E-state index is 12.3. The van der Waals surface area contributed by atoms with Crippen LogP contribution in [0, 0.1) is 0 Å². The van der Waals surface area contributed by atoms with Gasteiger partial charge in [0, 0.05) is 6.54 Å². The molecule has 1 amide bonds. The minimum Gasteiger partial charge on any atom is -0.454 e. The standard InChI is InChI=1S/C17H16Cl2N2O5S/c1-27(23,24)21(13-4-2-3-12(18)17(13)19)9-16(22)20-8-11-5-6-14-15(7-11)26-10-25-14/h2-7H,8-10H2,1H3,(H,20,22). The van der Waals surface area contributed by atoms with Crippen molar-refractivity contribution in [3.05, 3.63) is 52.0 Å². The van der Waals surface area contributed by atoms with Crippen molar-refractivity contribution >= 4 is 44.8 Å². The summed E-state index contributed by atoms with van der Waals surface area (Å²) in [6, 6.07) is 9.87. The van der Waals surface area contributed by atoms with Crippen LogP contribution in [0.4, 0.5) is 5.69 Å². The van der Waals surface area contributed by atoms with Crippen molar-refractivity contribution in [3.63, 3.8) is 0 Å². The molecule has 1 aliphatic heterocycles. The number of halogens is 2. The third kappa shape index (κ3) is 4.58. The fourth-order valence-electron chi connectivity index (χ4n) is 2.50.